The second-order valence-corrected chi connectivity index (χ2v) is 4.02. The molecule has 17 heavy (non-hydrogen) atoms. The highest BCUT2D eigenvalue weighted by molar-refractivity contribution is 6.18. The van der Waals surface area contributed by atoms with Gasteiger partial charge in [-0.3, -0.25) is 9.78 Å². The summed E-state index contributed by atoms with van der Waals surface area (Å²) in [5.41, 5.74) is 1.35. The molecule has 0 fully saturated rings. The van der Waals surface area contributed by atoms with E-state index >= 15 is 0 Å². The number of pyridine rings is 1. The smallest absolute Gasteiger partial charge is 0.272 e. The second-order valence-electron chi connectivity index (χ2n) is 3.64. The molecule has 0 bridgehead atoms. The van der Waals surface area contributed by atoms with Crippen LogP contribution >= 0.6 is 11.6 Å². The van der Waals surface area contributed by atoms with Gasteiger partial charge in [0.05, 0.1) is 6.61 Å². The Morgan fingerprint density at radius 3 is 2.88 bits per heavy atom. The van der Waals surface area contributed by atoms with Crippen molar-refractivity contribution in [1.29, 1.82) is 0 Å². The molecular formula is C12H17ClN2O2. The highest BCUT2D eigenvalue weighted by Crippen LogP contribution is 2.07. The Balaban J connectivity index is 2.80. The van der Waals surface area contributed by atoms with Crippen LogP contribution in [0.3, 0.4) is 0 Å². The molecular weight excluding hydrogens is 240 g/mol. The Bertz CT molecular complexity index is 371. The molecule has 0 aliphatic rings. The number of ether oxygens (including phenoxy) is 1. The average Bonchev–Trinajstić information content (AvgIpc) is 2.34. The standard InChI is InChI=1S/C12H17ClN2O2/c1-10-4-3-6-14-11(10)12(16)15(7-5-13)8-9-17-2/h3-4,6H,5,7-9H2,1-2H3. The number of aromatic nitrogens is 1. The van der Waals surface area contributed by atoms with Gasteiger partial charge in [0, 0.05) is 32.3 Å². The molecule has 0 atom stereocenters. The van der Waals surface area contributed by atoms with Crippen LogP contribution in [0.4, 0.5) is 0 Å². The predicted molar refractivity (Wildman–Crippen MR) is 67.5 cm³/mol. The first-order chi connectivity index (χ1) is 8.20. The number of amides is 1. The van der Waals surface area contributed by atoms with Crippen molar-refractivity contribution in [3.05, 3.63) is 29.6 Å². The number of carbonyl (C=O) groups excluding carboxylic acids is 1. The van der Waals surface area contributed by atoms with E-state index in [0.29, 0.717) is 31.3 Å². The van der Waals surface area contributed by atoms with Crippen molar-refractivity contribution in [3.63, 3.8) is 0 Å². The monoisotopic (exact) mass is 256 g/mol. The van der Waals surface area contributed by atoms with Crippen molar-refractivity contribution in [2.45, 2.75) is 6.92 Å². The van der Waals surface area contributed by atoms with Crippen molar-refractivity contribution >= 4 is 17.5 Å². The zero-order valence-corrected chi connectivity index (χ0v) is 10.9. The van der Waals surface area contributed by atoms with Gasteiger partial charge in [0.2, 0.25) is 0 Å². The van der Waals surface area contributed by atoms with Gasteiger partial charge in [0.25, 0.3) is 5.91 Å². The first kappa shape index (κ1) is 13.9. The summed E-state index contributed by atoms with van der Waals surface area (Å²) in [6.07, 6.45) is 1.62. The number of alkyl halides is 1. The third-order valence-electron chi connectivity index (χ3n) is 2.42. The minimum absolute atomic E-state index is 0.0965. The summed E-state index contributed by atoms with van der Waals surface area (Å²) in [5.74, 6) is 0.308. The Morgan fingerprint density at radius 2 is 2.29 bits per heavy atom. The first-order valence-electron chi connectivity index (χ1n) is 5.46. The van der Waals surface area contributed by atoms with Crippen LogP contribution in [0.1, 0.15) is 16.1 Å². The van der Waals surface area contributed by atoms with Crippen molar-refractivity contribution in [3.8, 4) is 0 Å². The number of halogens is 1. The number of hydrogen-bond donors (Lipinski definition) is 0. The number of nitrogens with zero attached hydrogens (tertiary/aromatic N) is 2. The number of methoxy groups -OCH3 is 1. The molecule has 0 saturated heterocycles. The van der Waals surface area contributed by atoms with Gasteiger partial charge >= 0.3 is 0 Å². The van der Waals surface area contributed by atoms with E-state index in [1.807, 2.05) is 19.1 Å². The Labute approximate surface area is 107 Å². The number of carbonyl (C=O) groups is 1. The summed E-state index contributed by atoms with van der Waals surface area (Å²) in [7, 11) is 1.61. The van der Waals surface area contributed by atoms with Gasteiger partial charge in [-0.25, -0.2) is 0 Å². The van der Waals surface area contributed by atoms with E-state index < -0.39 is 0 Å². The van der Waals surface area contributed by atoms with Gasteiger partial charge in [-0.2, -0.15) is 0 Å². The maximum Gasteiger partial charge on any atom is 0.272 e. The highest BCUT2D eigenvalue weighted by Gasteiger charge is 2.17. The molecule has 0 aromatic carbocycles. The van der Waals surface area contributed by atoms with Crippen LogP contribution in [-0.2, 0) is 4.74 Å². The predicted octanol–water partition coefficient (Wildman–Crippen LogP) is 1.72. The molecule has 1 aromatic rings. The summed E-state index contributed by atoms with van der Waals surface area (Å²) in [4.78, 5) is 18.0. The summed E-state index contributed by atoms with van der Waals surface area (Å²) >= 11 is 5.69. The van der Waals surface area contributed by atoms with Gasteiger partial charge in [-0.15, -0.1) is 11.6 Å². The van der Waals surface area contributed by atoms with Crippen LogP contribution in [0.25, 0.3) is 0 Å². The van der Waals surface area contributed by atoms with Crippen LogP contribution in [0.15, 0.2) is 18.3 Å². The van der Waals surface area contributed by atoms with Crippen LogP contribution in [0, 0.1) is 6.92 Å². The lowest BCUT2D eigenvalue weighted by Gasteiger charge is -2.21. The third-order valence-corrected chi connectivity index (χ3v) is 2.59. The molecule has 1 rings (SSSR count). The first-order valence-corrected chi connectivity index (χ1v) is 6.00. The fourth-order valence-corrected chi connectivity index (χ4v) is 1.68. The average molecular weight is 257 g/mol. The minimum atomic E-state index is -0.0965. The van der Waals surface area contributed by atoms with Crippen molar-refractivity contribution in [2.75, 3.05) is 32.7 Å². The summed E-state index contributed by atoms with van der Waals surface area (Å²) in [5, 5.41) is 0. The number of hydrogen-bond acceptors (Lipinski definition) is 3. The van der Waals surface area contributed by atoms with E-state index in [0.717, 1.165) is 5.56 Å². The quantitative estimate of drug-likeness (QED) is 0.728. The summed E-state index contributed by atoms with van der Waals surface area (Å²) in [6, 6.07) is 3.68. The molecule has 0 aliphatic heterocycles. The molecule has 1 aromatic heterocycles. The zero-order chi connectivity index (χ0) is 12.7. The van der Waals surface area contributed by atoms with Crippen LogP contribution in [0.2, 0.25) is 0 Å². The molecule has 0 unspecified atom stereocenters. The normalized spacial score (nSPS) is 10.3. The Kier molecular flexibility index (Phi) is 5.94. The number of rotatable bonds is 6. The van der Waals surface area contributed by atoms with E-state index in [2.05, 4.69) is 4.98 Å². The van der Waals surface area contributed by atoms with Gasteiger partial charge in [-0.1, -0.05) is 6.07 Å². The van der Waals surface area contributed by atoms with Gasteiger partial charge in [0.1, 0.15) is 5.69 Å². The van der Waals surface area contributed by atoms with Crippen molar-refractivity contribution in [2.24, 2.45) is 0 Å². The van der Waals surface area contributed by atoms with E-state index in [4.69, 9.17) is 16.3 Å². The molecule has 0 N–H and O–H groups in total. The molecule has 0 radical (unpaired) electrons. The largest absolute Gasteiger partial charge is 0.383 e. The topological polar surface area (TPSA) is 42.4 Å². The SMILES string of the molecule is COCCN(CCCl)C(=O)c1ncccc1C. The van der Waals surface area contributed by atoms with Gasteiger partial charge in [0.15, 0.2) is 0 Å². The van der Waals surface area contributed by atoms with E-state index in [1.54, 1.807) is 18.2 Å². The minimum Gasteiger partial charge on any atom is -0.383 e. The Hall–Kier alpha value is -1.13. The van der Waals surface area contributed by atoms with Crippen LogP contribution in [0.5, 0.6) is 0 Å². The fraction of sp³-hybridized carbons (Fsp3) is 0.500. The van der Waals surface area contributed by atoms with Crippen LogP contribution < -0.4 is 0 Å². The van der Waals surface area contributed by atoms with Gasteiger partial charge in [-0.05, 0) is 18.6 Å². The van der Waals surface area contributed by atoms with Crippen molar-refractivity contribution < 1.29 is 9.53 Å². The summed E-state index contributed by atoms with van der Waals surface area (Å²) in [6.45, 7) is 3.39. The Morgan fingerprint density at radius 1 is 1.53 bits per heavy atom. The zero-order valence-electron chi connectivity index (χ0n) is 10.1. The highest BCUT2D eigenvalue weighted by atomic mass is 35.5. The van der Waals surface area contributed by atoms with E-state index in [-0.39, 0.29) is 5.91 Å². The molecule has 94 valence electrons. The lowest BCUT2D eigenvalue weighted by atomic mass is 10.2. The maximum atomic E-state index is 12.2. The molecule has 0 saturated carbocycles. The second kappa shape index (κ2) is 7.25. The maximum absolute atomic E-state index is 12.2. The lowest BCUT2D eigenvalue weighted by molar-refractivity contribution is 0.0701. The molecule has 0 aliphatic carbocycles. The van der Waals surface area contributed by atoms with Crippen molar-refractivity contribution in [1.82, 2.24) is 9.88 Å². The lowest BCUT2D eigenvalue weighted by Crippen LogP contribution is -2.36. The molecule has 4 nitrogen and oxygen atoms in total. The van der Waals surface area contributed by atoms with Gasteiger partial charge < -0.3 is 9.64 Å². The molecule has 5 heteroatoms. The molecule has 0 spiro atoms. The van der Waals surface area contributed by atoms with E-state index in [9.17, 15) is 4.79 Å². The fourth-order valence-electron chi connectivity index (χ4n) is 1.48. The molecule has 1 amide bonds. The molecule has 1 heterocycles. The van der Waals surface area contributed by atoms with E-state index in [1.165, 1.54) is 0 Å². The third kappa shape index (κ3) is 3.98. The van der Waals surface area contributed by atoms with Crippen LogP contribution in [-0.4, -0.2) is 48.5 Å². The number of aryl methyl sites for hydroxylation is 1. The summed E-state index contributed by atoms with van der Waals surface area (Å²) < 4.78 is 4.98.